The molecule has 1 aliphatic rings. The smallest absolute Gasteiger partial charge is 0.190 e. The summed E-state index contributed by atoms with van der Waals surface area (Å²) in [7, 11) is 0. The van der Waals surface area contributed by atoms with Gasteiger partial charge in [0, 0.05) is 22.3 Å². The maximum atomic E-state index is 12.9. The van der Waals surface area contributed by atoms with E-state index in [-0.39, 0.29) is 11.6 Å². The fraction of sp³-hybridized carbons (Fsp3) is 0.438. The van der Waals surface area contributed by atoms with Gasteiger partial charge in [-0.1, -0.05) is 77.8 Å². The summed E-state index contributed by atoms with van der Waals surface area (Å²) in [4.78, 5) is 25.5. The SMILES string of the molecule is CC/C(C)=C/CC/C(C)=C/CC/C(C)=C/CC/C(C)=C/CC1=C(C)C(=O)c2ccccc2C1=O. The van der Waals surface area contributed by atoms with Crippen LogP contribution >= 0.6 is 0 Å². The monoisotopic (exact) mass is 458 g/mol. The van der Waals surface area contributed by atoms with E-state index in [4.69, 9.17) is 0 Å². The molecule has 182 valence electrons. The number of hydrogen-bond acceptors (Lipinski definition) is 2. The molecule has 2 nitrogen and oxygen atoms in total. The summed E-state index contributed by atoms with van der Waals surface area (Å²) in [6.07, 6.45) is 17.3. The van der Waals surface area contributed by atoms with E-state index in [9.17, 15) is 9.59 Å². The van der Waals surface area contributed by atoms with Crippen molar-refractivity contribution in [3.05, 3.63) is 93.1 Å². The molecule has 0 atom stereocenters. The molecule has 0 spiro atoms. The predicted octanol–water partition coefficient (Wildman–Crippen LogP) is 9.31. The molecule has 0 aromatic heterocycles. The Kier molecular flexibility index (Phi) is 11.2. The molecule has 0 N–H and O–H groups in total. The van der Waals surface area contributed by atoms with Crippen molar-refractivity contribution in [2.45, 2.75) is 92.9 Å². The number of hydrogen-bond donors (Lipinski definition) is 0. The molecule has 0 bridgehead atoms. The zero-order valence-electron chi connectivity index (χ0n) is 22.1. The van der Waals surface area contributed by atoms with Crippen LogP contribution in [0.2, 0.25) is 0 Å². The molecule has 34 heavy (non-hydrogen) atoms. The van der Waals surface area contributed by atoms with Gasteiger partial charge in [0.25, 0.3) is 0 Å². The van der Waals surface area contributed by atoms with Crippen LogP contribution < -0.4 is 0 Å². The van der Waals surface area contributed by atoms with E-state index in [1.54, 1.807) is 19.1 Å². The van der Waals surface area contributed by atoms with E-state index < -0.39 is 0 Å². The van der Waals surface area contributed by atoms with Crippen LogP contribution in [0.1, 0.15) is 114 Å². The second-order valence-electron chi connectivity index (χ2n) is 9.68. The number of Topliss-reactive ketones (excluding diaryl/α,β-unsaturated/α-hetero) is 2. The van der Waals surface area contributed by atoms with Crippen LogP contribution in [-0.2, 0) is 0 Å². The number of carbonyl (C=O) groups is 2. The molecule has 0 radical (unpaired) electrons. The van der Waals surface area contributed by atoms with Crippen LogP contribution in [0.25, 0.3) is 0 Å². The van der Waals surface area contributed by atoms with Gasteiger partial charge in [0.05, 0.1) is 0 Å². The highest BCUT2D eigenvalue weighted by molar-refractivity contribution is 6.26. The average Bonchev–Trinajstić information content (AvgIpc) is 2.82. The van der Waals surface area contributed by atoms with Crippen molar-refractivity contribution in [3.63, 3.8) is 0 Å². The topological polar surface area (TPSA) is 34.1 Å². The highest BCUT2D eigenvalue weighted by atomic mass is 16.1. The van der Waals surface area contributed by atoms with Crippen LogP contribution in [-0.4, -0.2) is 11.6 Å². The Hall–Kier alpha value is -2.74. The van der Waals surface area contributed by atoms with E-state index in [0.29, 0.717) is 28.7 Å². The predicted molar refractivity (Wildman–Crippen MR) is 145 cm³/mol. The molecule has 0 fully saturated rings. The third-order valence-corrected chi connectivity index (χ3v) is 6.79. The fourth-order valence-electron chi connectivity index (χ4n) is 4.16. The summed E-state index contributed by atoms with van der Waals surface area (Å²) in [5.41, 5.74) is 7.94. The molecule has 2 rings (SSSR count). The van der Waals surface area contributed by atoms with Crippen LogP contribution in [0.3, 0.4) is 0 Å². The minimum Gasteiger partial charge on any atom is -0.289 e. The van der Waals surface area contributed by atoms with Gasteiger partial charge in [-0.2, -0.15) is 0 Å². The largest absolute Gasteiger partial charge is 0.289 e. The Morgan fingerprint density at radius 2 is 1.12 bits per heavy atom. The first-order chi connectivity index (χ1) is 16.2. The first-order valence-electron chi connectivity index (χ1n) is 12.7. The van der Waals surface area contributed by atoms with E-state index in [1.165, 1.54) is 22.3 Å². The molecule has 0 saturated carbocycles. The van der Waals surface area contributed by atoms with Crippen LogP contribution in [0.5, 0.6) is 0 Å². The molecule has 1 aromatic rings. The number of ketones is 2. The Morgan fingerprint density at radius 1 is 0.676 bits per heavy atom. The summed E-state index contributed by atoms with van der Waals surface area (Å²) in [6.45, 7) is 12.8. The average molecular weight is 459 g/mol. The lowest BCUT2D eigenvalue weighted by Crippen LogP contribution is -2.20. The van der Waals surface area contributed by atoms with Gasteiger partial charge in [-0.25, -0.2) is 0 Å². The summed E-state index contributed by atoms with van der Waals surface area (Å²) in [5, 5.41) is 0. The summed E-state index contributed by atoms with van der Waals surface area (Å²) < 4.78 is 0. The molecule has 0 heterocycles. The van der Waals surface area contributed by atoms with Gasteiger partial charge in [0.1, 0.15) is 0 Å². The summed E-state index contributed by atoms with van der Waals surface area (Å²) in [5.74, 6) is -0.0287. The third-order valence-electron chi connectivity index (χ3n) is 6.79. The minimum atomic E-state index is -0.0216. The Morgan fingerprint density at radius 3 is 1.62 bits per heavy atom. The summed E-state index contributed by atoms with van der Waals surface area (Å²) >= 11 is 0. The van der Waals surface area contributed by atoms with Gasteiger partial charge in [-0.05, 0) is 86.0 Å². The van der Waals surface area contributed by atoms with E-state index >= 15 is 0 Å². The maximum Gasteiger partial charge on any atom is 0.190 e. The van der Waals surface area contributed by atoms with E-state index in [0.717, 1.165) is 44.9 Å². The van der Waals surface area contributed by atoms with Crippen LogP contribution in [0.15, 0.2) is 82.0 Å². The lowest BCUT2D eigenvalue weighted by atomic mass is 9.83. The molecule has 2 heteroatoms. The van der Waals surface area contributed by atoms with Crippen molar-refractivity contribution < 1.29 is 9.59 Å². The molecule has 0 aliphatic heterocycles. The quantitative estimate of drug-likeness (QED) is 0.292. The zero-order chi connectivity index (χ0) is 25.1. The van der Waals surface area contributed by atoms with Gasteiger partial charge < -0.3 is 0 Å². The van der Waals surface area contributed by atoms with Gasteiger partial charge in [0.15, 0.2) is 11.6 Å². The van der Waals surface area contributed by atoms with Gasteiger partial charge in [0.2, 0.25) is 0 Å². The van der Waals surface area contributed by atoms with E-state index in [2.05, 4.69) is 58.9 Å². The standard InChI is InChI=1S/C32H42O2/c1-7-23(2)13-10-14-24(3)15-11-16-25(4)17-12-18-26(5)21-22-28-27(6)31(33)29-19-8-9-20-30(29)32(28)34/h8-9,13,15,17,19-21H,7,10-12,14,16,18,22H2,1-6H3/b23-13+,24-15+,25-17+,26-21+. The van der Waals surface area contributed by atoms with Crippen LogP contribution in [0.4, 0.5) is 0 Å². The number of allylic oxidation sites excluding steroid dienone is 10. The van der Waals surface area contributed by atoms with E-state index in [1.807, 2.05) is 12.1 Å². The molecular formula is C32H42O2. The molecule has 0 unspecified atom stereocenters. The van der Waals surface area contributed by atoms with Gasteiger partial charge in [-0.15, -0.1) is 0 Å². The lowest BCUT2D eigenvalue weighted by Gasteiger charge is -2.18. The first kappa shape index (κ1) is 27.5. The van der Waals surface area contributed by atoms with Gasteiger partial charge >= 0.3 is 0 Å². The van der Waals surface area contributed by atoms with Crippen molar-refractivity contribution in [1.82, 2.24) is 0 Å². The zero-order valence-corrected chi connectivity index (χ0v) is 22.1. The Balaban J connectivity index is 1.81. The number of carbonyl (C=O) groups excluding carboxylic acids is 2. The molecule has 1 aromatic carbocycles. The van der Waals surface area contributed by atoms with Crippen molar-refractivity contribution in [1.29, 1.82) is 0 Å². The molecular weight excluding hydrogens is 416 g/mol. The van der Waals surface area contributed by atoms with Crippen molar-refractivity contribution in [2.24, 2.45) is 0 Å². The van der Waals surface area contributed by atoms with Crippen molar-refractivity contribution >= 4 is 11.6 Å². The first-order valence-corrected chi connectivity index (χ1v) is 12.7. The van der Waals surface area contributed by atoms with Crippen LogP contribution in [0, 0.1) is 0 Å². The fourth-order valence-corrected chi connectivity index (χ4v) is 4.16. The van der Waals surface area contributed by atoms with Gasteiger partial charge in [-0.3, -0.25) is 9.59 Å². The highest BCUT2D eigenvalue weighted by Crippen LogP contribution is 2.28. The lowest BCUT2D eigenvalue weighted by molar-refractivity contribution is 0.0973. The second-order valence-corrected chi connectivity index (χ2v) is 9.68. The normalized spacial score (nSPS) is 15.8. The number of rotatable bonds is 12. The number of fused-ring (bicyclic) bond motifs is 1. The summed E-state index contributed by atoms with van der Waals surface area (Å²) in [6, 6.07) is 7.13. The second kappa shape index (κ2) is 13.8. The molecule has 1 aliphatic carbocycles. The van der Waals surface area contributed by atoms with Crippen molar-refractivity contribution in [2.75, 3.05) is 0 Å². The Bertz CT molecular complexity index is 1040. The minimum absolute atomic E-state index is 0.00708. The molecule has 0 amide bonds. The molecule has 0 saturated heterocycles. The third kappa shape index (κ3) is 8.24. The Labute approximate surface area is 207 Å². The van der Waals surface area contributed by atoms with Crippen molar-refractivity contribution in [3.8, 4) is 0 Å². The number of benzene rings is 1. The maximum absolute atomic E-state index is 12.9. The highest BCUT2D eigenvalue weighted by Gasteiger charge is 2.28.